The van der Waals surface area contributed by atoms with Gasteiger partial charge in [0, 0.05) is 12.5 Å². The normalized spacial score (nSPS) is 27.0. The molecule has 3 heterocycles. The summed E-state index contributed by atoms with van der Waals surface area (Å²) < 4.78 is 24.7. The fraction of sp³-hybridized carbons (Fsp3) is 0.350. The smallest absolute Gasteiger partial charge is 0.315 e. The van der Waals surface area contributed by atoms with Gasteiger partial charge in [-0.3, -0.25) is 0 Å². The molecule has 0 unspecified atom stereocenters. The number of urea groups is 1. The molecule has 0 radical (unpaired) electrons. The Balaban J connectivity index is 1.27. The third-order valence-corrected chi connectivity index (χ3v) is 5.56. The van der Waals surface area contributed by atoms with Crippen LogP contribution in [0.25, 0.3) is 6.08 Å². The number of fused-ring (bicyclic) bond motifs is 1. The lowest BCUT2D eigenvalue weighted by Crippen LogP contribution is -2.48. The van der Waals surface area contributed by atoms with E-state index in [1.165, 1.54) is 17.7 Å². The van der Waals surface area contributed by atoms with Crippen LogP contribution in [0.5, 0.6) is 0 Å². The van der Waals surface area contributed by atoms with Crippen molar-refractivity contribution in [2.45, 2.75) is 24.8 Å². The van der Waals surface area contributed by atoms with Gasteiger partial charge in [-0.25, -0.2) is 9.18 Å². The summed E-state index contributed by atoms with van der Waals surface area (Å²) in [5, 5.41) is 9.85. The predicted octanol–water partition coefficient (Wildman–Crippen LogP) is 3.18. The lowest BCUT2D eigenvalue weighted by Gasteiger charge is -2.18. The second kappa shape index (κ2) is 8.21. The Morgan fingerprint density at radius 2 is 2.00 bits per heavy atom. The van der Waals surface area contributed by atoms with Crippen molar-refractivity contribution < 1.29 is 18.7 Å². The number of carbonyl (C=O) groups excluding carboxylic acids is 1. The molecule has 2 fully saturated rings. The lowest BCUT2D eigenvalue weighted by molar-refractivity contribution is 0.0661. The number of halogens is 1. The number of hydrogen-bond donors (Lipinski definition) is 2. The number of amides is 2. The van der Waals surface area contributed by atoms with E-state index in [0.29, 0.717) is 19.8 Å². The second-order valence-electron chi connectivity index (χ2n) is 6.74. The van der Waals surface area contributed by atoms with E-state index in [-0.39, 0.29) is 36.0 Å². The number of nitrogens with one attached hydrogen (secondary N) is 2. The Bertz CT molecular complexity index is 794. The molecule has 2 saturated heterocycles. The predicted molar refractivity (Wildman–Crippen MR) is 102 cm³/mol. The van der Waals surface area contributed by atoms with E-state index < -0.39 is 0 Å². The molecule has 2 aliphatic rings. The fourth-order valence-corrected chi connectivity index (χ4v) is 4.05. The molecule has 27 heavy (non-hydrogen) atoms. The van der Waals surface area contributed by atoms with Crippen molar-refractivity contribution in [1.82, 2.24) is 10.6 Å². The Kier molecular flexibility index (Phi) is 5.52. The van der Waals surface area contributed by atoms with Gasteiger partial charge in [-0.15, -0.1) is 0 Å². The van der Waals surface area contributed by atoms with E-state index in [9.17, 15) is 9.18 Å². The first-order valence-corrected chi connectivity index (χ1v) is 9.86. The second-order valence-corrected chi connectivity index (χ2v) is 7.52. The van der Waals surface area contributed by atoms with Crippen LogP contribution < -0.4 is 10.6 Å². The van der Waals surface area contributed by atoms with E-state index >= 15 is 0 Å². The van der Waals surface area contributed by atoms with Gasteiger partial charge in [0.15, 0.2) is 0 Å². The van der Waals surface area contributed by atoms with Crippen LogP contribution >= 0.6 is 11.3 Å². The summed E-state index contributed by atoms with van der Waals surface area (Å²) in [4.78, 5) is 12.2. The summed E-state index contributed by atoms with van der Waals surface area (Å²) in [6.07, 6.45) is 4.04. The fourth-order valence-electron chi connectivity index (χ4n) is 3.43. The molecular weight excluding hydrogens is 367 g/mol. The first kappa shape index (κ1) is 18.2. The summed E-state index contributed by atoms with van der Waals surface area (Å²) >= 11 is 1.67. The zero-order valence-corrected chi connectivity index (χ0v) is 15.5. The Hall–Kier alpha value is -2.22. The maximum Gasteiger partial charge on any atom is 0.315 e. The summed E-state index contributed by atoms with van der Waals surface area (Å²) in [6, 6.07) is 7.65. The highest BCUT2D eigenvalue weighted by molar-refractivity contribution is 7.08. The van der Waals surface area contributed by atoms with Gasteiger partial charge in [-0.2, -0.15) is 11.3 Å². The minimum Gasteiger partial charge on any atom is -0.373 e. The van der Waals surface area contributed by atoms with E-state index in [4.69, 9.17) is 9.47 Å². The van der Waals surface area contributed by atoms with E-state index in [2.05, 4.69) is 34.2 Å². The molecule has 7 heteroatoms. The standard InChI is InChI=1S/C20H21FN2O3S/c21-16-5-2-13(3-6-16)9-22-20(24)23-17-11-26-18-15(10-25-19(17)18)4-1-14-7-8-27-12-14/h1-8,12,15,17-19H,9-11H2,(H2,22,23,24)/b4-1-/t15-,17-,18+,19+/m0/s1. The van der Waals surface area contributed by atoms with E-state index in [1.807, 2.05) is 5.38 Å². The summed E-state index contributed by atoms with van der Waals surface area (Å²) in [6.45, 7) is 1.36. The third-order valence-electron chi connectivity index (χ3n) is 4.85. The van der Waals surface area contributed by atoms with Crippen molar-refractivity contribution >= 4 is 23.4 Å². The number of rotatable bonds is 5. The number of ether oxygens (including phenoxy) is 2. The molecule has 2 N–H and O–H groups in total. The van der Waals surface area contributed by atoms with Crippen LogP contribution in [0.1, 0.15) is 11.1 Å². The first-order valence-electron chi connectivity index (χ1n) is 8.91. The molecule has 4 rings (SSSR count). The minimum atomic E-state index is -0.293. The summed E-state index contributed by atoms with van der Waals surface area (Å²) in [5.74, 6) is -0.109. The highest BCUT2D eigenvalue weighted by Crippen LogP contribution is 2.32. The molecule has 1 aromatic heterocycles. The molecule has 2 aromatic rings. The molecular formula is C20H21FN2O3S. The van der Waals surface area contributed by atoms with Crippen molar-refractivity contribution in [3.8, 4) is 0 Å². The molecule has 0 saturated carbocycles. The zero-order chi connectivity index (χ0) is 18.6. The molecule has 1 aromatic carbocycles. The van der Waals surface area contributed by atoms with Gasteiger partial charge in [0.1, 0.15) is 11.9 Å². The number of hydrogen-bond acceptors (Lipinski definition) is 4. The van der Waals surface area contributed by atoms with Gasteiger partial charge >= 0.3 is 6.03 Å². The van der Waals surface area contributed by atoms with Crippen molar-refractivity contribution in [3.63, 3.8) is 0 Å². The summed E-state index contributed by atoms with van der Waals surface area (Å²) in [5.41, 5.74) is 2.01. The Morgan fingerprint density at radius 1 is 1.19 bits per heavy atom. The van der Waals surface area contributed by atoms with Crippen molar-refractivity contribution in [1.29, 1.82) is 0 Å². The molecule has 4 atom stereocenters. The SMILES string of the molecule is O=C(NCc1ccc(F)cc1)N[C@H]1CO[C@H]2[C@@H]1OC[C@@H]2/C=C\c1ccsc1. The van der Waals surface area contributed by atoms with Gasteiger partial charge in [-0.1, -0.05) is 24.3 Å². The monoisotopic (exact) mass is 388 g/mol. The number of benzene rings is 1. The number of carbonyl (C=O) groups is 1. The van der Waals surface area contributed by atoms with Gasteiger partial charge in [0.2, 0.25) is 0 Å². The molecule has 0 spiro atoms. The number of thiophene rings is 1. The molecule has 5 nitrogen and oxygen atoms in total. The van der Waals surface area contributed by atoms with Crippen molar-refractivity contribution in [2.24, 2.45) is 5.92 Å². The van der Waals surface area contributed by atoms with Gasteiger partial charge in [-0.05, 0) is 40.1 Å². The third kappa shape index (κ3) is 4.37. The van der Waals surface area contributed by atoms with E-state index in [1.54, 1.807) is 23.5 Å². The first-order chi connectivity index (χ1) is 13.2. The van der Waals surface area contributed by atoms with Gasteiger partial charge in [0.25, 0.3) is 0 Å². The zero-order valence-electron chi connectivity index (χ0n) is 14.6. The molecule has 0 aliphatic carbocycles. The largest absolute Gasteiger partial charge is 0.373 e. The van der Waals surface area contributed by atoms with Crippen LogP contribution in [0.4, 0.5) is 9.18 Å². The van der Waals surface area contributed by atoms with Crippen LogP contribution in [0.3, 0.4) is 0 Å². The van der Waals surface area contributed by atoms with Gasteiger partial charge in [0.05, 0.1) is 25.4 Å². The molecule has 2 aliphatic heterocycles. The molecule has 2 amide bonds. The quantitative estimate of drug-likeness (QED) is 0.827. The van der Waals surface area contributed by atoms with Gasteiger partial charge < -0.3 is 20.1 Å². The highest BCUT2D eigenvalue weighted by Gasteiger charge is 2.47. The molecule has 142 valence electrons. The average Bonchev–Trinajstić information content (AvgIpc) is 3.39. The average molecular weight is 388 g/mol. The van der Waals surface area contributed by atoms with Crippen LogP contribution in [-0.4, -0.2) is 37.5 Å². The maximum atomic E-state index is 12.9. The van der Waals surface area contributed by atoms with Crippen LogP contribution in [0, 0.1) is 11.7 Å². The van der Waals surface area contributed by atoms with Crippen molar-refractivity contribution in [3.05, 3.63) is 64.1 Å². The summed E-state index contributed by atoms with van der Waals surface area (Å²) in [7, 11) is 0. The van der Waals surface area contributed by atoms with E-state index in [0.717, 1.165) is 5.56 Å². The maximum absolute atomic E-state index is 12.9. The topological polar surface area (TPSA) is 59.6 Å². The van der Waals surface area contributed by atoms with Crippen LogP contribution in [0.15, 0.2) is 47.2 Å². The lowest BCUT2D eigenvalue weighted by atomic mass is 9.99. The molecule has 0 bridgehead atoms. The Labute approximate surface area is 161 Å². The minimum absolute atomic E-state index is 0.0396. The Morgan fingerprint density at radius 3 is 2.78 bits per heavy atom. The van der Waals surface area contributed by atoms with Crippen LogP contribution in [0.2, 0.25) is 0 Å². The van der Waals surface area contributed by atoms with Crippen LogP contribution in [-0.2, 0) is 16.0 Å². The highest BCUT2D eigenvalue weighted by atomic mass is 32.1. The van der Waals surface area contributed by atoms with Crippen molar-refractivity contribution in [2.75, 3.05) is 13.2 Å².